The van der Waals surface area contributed by atoms with E-state index in [0.717, 1.165) is 11.1 Å². The maximum Gasteiger partial charge on any atom is 0.267 e. The maximum absolute atomic E-state index is 12.5. The second-order valence-corrected chi connectivity index (χ2v) is 6.67. The van der Waals surface area contributed by atoms with Gasteiger partial charge in [-0.05, 0) is 37.1 Å². The standard InChI is InChI=1S/C13H17N5O2S/c1-9-4-10(2)6-11(5-9)18(3)21(19,20)12-7-15-13(17-14)16-8-12/h4-8H,14H2,1-3H3,(H,15,16,17). The van der Waals surface area contributed by atoms with Crippen molar-refractivity contribution >= 4 is 21.7 Å². The Morgan fingerprint density at radius 1 is 1.10 bits per heavy atom. The highest BCUT2D eigenvalue weighted by atomic mass is 32.2. The zero-order valence-electron chi connectivity index (χ0n) is 12.0. The van der Waals surface area contributed by atoms with Gasteiger partial charge in [-0.3, -0.25) is 9.73 Å². The first-order valence-electron chi connectivity index (χ1n) is 6.20. The number of hydrazine groups is 1. The number of benzene rings is 1. The van der Waals surface area contributed by atoms with Crippen molar-refractivity contribution in [3.05, 3.63) is 41.7 Å². The summed E-state index contributed by atoms with van der Waals surface area (Å²) in [7, 11) is -2.21. The number of anilines is 2. The topological polar surface area (TPSA) is 101 Å². The third kappa shape index (κ3) is 3.11. The van der Waals surface area contributed by atoms with Crippen molar-refractivity contribution in [2.24, 2.45) is 5.84 Å². The Kier molecular flexibility index (Phi) is 4.10. The Hall–Kier alpha value is -2.19. The highest BCUT2D eigenvalue weighted by Gasteiger charge is 2.22. The highest BCUT2D eigenvalue weighted by molar-refractivity contribution is 7.92. The van der Waals surface area contributed by atoms with Gasteiger partial charge in [-0.25, -0.2) is 24.2 Å². The fourth-order valence-corrected chi connectivity index (χ4v) is 3.02. The summed E-state index contributed by atoms with van der Waals surface area (Å²) in [4.78, 5) is 7.65. The molecule has 21 heavy (non-hydrogen) atoms. The van der Waals surface area contributed by atoms with Gasteiger partial charge < -0.3 is 0 Å². The highest BCUT2D eigenvalue weighted by Crippen LogP contribution is 2.23. The predicted octanol–water partition coefficient (Wildman–Crippen LogP) is 1.20. The van der Waals surface area contributed by atoms with Crippen LogP contribution >= 0.6 is 0 Å². The normalized spacial score (nSPS) is 11.2. The van der Waals surface area contributed by atoms with E-state index in [1.807, 2.05) is 19.9 Å². The minimum atomic E-state index is -3.71. The average Bonchev–Trinajstić information content (AvgIpc) is 2.45. The van der Waals surface area contributed by atoms with Crippen LogP contribution in [0.1, 0.15) is 11.1 Å². The van der Waals surface area contributed by atoms with E-state index in [0.29, 0.717) is 5.69 Å². The molecule has 8 heteroatoms. The van der Waals surface area contributed by atoms with Gasteiger partial charge in [0.1, 0.15) is 4.90 Å². The Bertz CT molecular complexity index is 723. The van der Waals surface area contributed by atoms with Gasteiger partial charge in [-0.1, -0.05) is 6.07 Å². The van der Waals surface area contributed by atoms with E-state index < -0.39 is 10.0 Å². The van der Waals surface area contributed by atoms with Crippen LogP contribution in [0, 0.1) is 13.8 Å². The summed E-state index contributed by atoms with van der Waals surface area (Å²) in [6, 6.07) is 5.59. The first-order valence-corrected chi connectivity index (χ1v) is 7.64. The molecule has 0 atom stereocenters. The van der Waals surface area contributed by atoms with E-state index in [9.17, 15) is 8.42 Å². The first-order chi connectivity index (χ1) is 9.84. The third-order valence-corrected chi connectivity index (χ3v) is 4.72. The molecule has 1 aromatic heterocycles. The molecule has 0 saturated carbocycles. The molecule has 3 N–H and O–H groups in total. The van der Waals surface area contributed by atoms with Gasteiger partial charge in [0.15, 0.2) is 0 Å². The van der Waals surface area contributed by atoms with Gasteiger partial charge in [0.25, 0.3) is 10.0 Å². The Morgan fingerprint density at radius 2 is 1.62 bits per heavy atom. The van der Waals surface area contributed by atoms with Crippen molar-refractivity contribution in [1.29, 1.82) is 0 Å². The first kappa shape index (κ1) is 15.2. The van der Waals surface area contributed by atoms with E-state index >= 15 is 0 Å². The van der Waals surface area contributed by atoms with Gasteiger partial charge in [-0.15, -0.1) is 0 Å². The molecule has 0 aliphatic carbocycles. The van der Waals surface area contributed by atoms with Crippen molar-refractivity contribution in [3.8, 4) is 0 Å². The van der Waals surface area contributed by atoms with Gasteiger partial charge in [0.05, 0.1) is 18.1 Å². The molecule has 0 unspecified atom stereocenters. The van der Waals surface area contributed by atoms with Gasteiger partial charge in [-0.2, -0.15) is 0 Å². The third-order valence-electron chi connectivity index (χ3n) is 2.99. The molecular formula is C13H17N5O2S. The molecule has 0 aliphatic heterocycles. The fourth-order valence-electron chi connectivity index (χ4n) is 1.95. The van der Waals surface area contributed by atoms with Crippen molar-refractivity contribution in [2.45, 2.75) is 18.7 Å². The summed E-state index contributed by atoms with van der Waals surface area (Å²) >= 11 is 0. The monoisotopic (exact) mass is 307 g/mol. The maximum atomic E-state index is 12.5. The van der Waals surface area contributed by atoms with E-state index in [4.69, 9.17) is 5.84 Å². The second kappa shape index (κ2) is 5.66. The van der Waals surface area contributed by atoms with Crippen molar-refractivity contribution in [3.63, 3.8) is 0 Å². The molecule has 2 rings (SSSR count). The van der Waals surface area contributed by atoms with E-state index in [2.05, 4.69) is 15.4 Å². The number of hydrogen-bond acceptors (Lipinski definition) is 6. The van der Waals surface area contributed by atoms with Crippen LogP contribution in [0.25, 0.3) is 0 Å². The molecule has 1 aromatic carbocycles. The van der Waals surface area contributed by atoms with Crippen LogP contribution in [0.4, 0.5) is 11.6 Å². The lowest BCUT2D eigenvalue weighted by atomic mass is 10.1. The van der Waals surface area contributed by atoms with Crippen LogP contribution in [-0.2, 0) is 10.0 Å². The van der Waals surface area contributed by atoms with Crippen molar-refractivity contribution < 1.29 is 8.42 Å². The molecule has 1 heterocycles. The van der Waals surface area contributed by atoms with E-state index in [1.165, 1.54) is 23.7 Å². The van der Waals surface area contributed by atoms with Crippen LogP contribution in [-0.4, -0.2) is 25.4 Å². The zero-order valence-corrected chi connectivity index (χ0v) is 12.8. The molecule has 112 valence electrons. The quantitative estimate of drug-likeness (QED) is 0.650. The number of rotatable bonds is 4. The summed E-state index contributed by atoms with van der Waals surface area (Å²) in [5.74, 6) is 5.31. The number of nitrogens with two attached hydrogens (primary N) is 1. The lowest BCUT2D eigenvalue weighted by Crippen LogP contribution is -2.27. The second-order valence-electron chi connectivity index (χ2n) is 4.71. The molecule has 2 aromatic rings. The number of aromatic nitrogens is 2. The summed E-state index contributed by atoms with van der Waals surface area (Å²) in [6.45, 7) is 3.84. The zero-order chi connectivity index (χ0) is 15.6. The molecule has 0 saturated heterocycles. The predicted molar refractivity (Wildman–Crippen MR) is 81.3 cm³/mol. The number of nitrogens with one attached hydrogen (secondary N) is 1. The molecule has 0 aliphatic rings. The van der Waals surface area contributed by atoms with Gasteiger partial charge >= 0.3 is 0 Å². The molecule has 0 bridgehead atoms. The fraction of sp³-hybridized carbons (Fsp3) is 0.231. The van der Waals surface area contributed by atoms with E-state index in [-0.39, 0.29) is 10.8 Å². The number of aryl methyl sites for hydroxylation is 2. The van der Waals surface area contributed by atoms with Crippen molar-refractivity contribution in [2.75, 3.05) is 16.8 Å². The molecular weight excluding hydrogens is 290 g/mol. The molecule has 0 radical (unpaired) electrons. The Morgan fingerprint density at radius 3 is 2.10 bits per heavy atom. The number of sulfonamides is 1. The lowest BCUT2D eigenvalue weighted by Gasteiger charge is -2.20. The SMILES string of the molecule is Cc1cc(C)cc(N(C)S(=O)(=O)c2cnc(NN)nc2)c1. The van der Waals surface area contributed by atoms with Gasteiger partial charge in [0.2, 0.25) is 5.95 Å². The molecule has 0 amide bonds. The number of nitrogens with zero attached hydrogens (tertiary/aromatic N) is 3. The number of hydrogen-bond donors (Lipinski definition) is 2. The van der Waals surface area contributed by atoms with Crippen LogP contribution in [0.3, 0.4) is 0 Å². The minimum absolute atomic E-state index is 0.00293. The molecule has 0 spiro atoms. The lowest BCUT2D eigenvalue weighted by molar-refractivity contribution is 0.593. The summed E-state index contributed by atoms with van der Waals surface area (Å²) in [5.41, 5.74) is 4.83. The summed E-state index contributed by atoms with van der Waals surface area (Å²) in [6.07, 6.45) is 2.44. The van der Waals surface area contributed by atoms with Gasteiger partial charge in [0, 0.05) is 7.05 Å². The van der Waals surface area contributed by atoms with Crippen molar-refractivity contribution in [1.82, 2.24) is 9.97 Å². The summed E-state index contributed by atoms with van der Waals surface area (Å²) in [5, 5.41) is 0. The van der Waals surface area contributed by atoms with Crippen LogP contribution in [0.2, 0.25) is 0 Å². The average molecular weight is 307 g/mol. The Balaban J connectivity index is 2.41. The molecule has 7 nitrogen and oxygen atoms in total. The molecule has 0 fully saturated rings. The van der Waals surface area contributed by atoms with Crippen LogP contribution in [0.15, 0.2) is 35.5 Å². The number of nitrogen functional groups attached to an aromatic ring is 1. The Labute approximate surface area is 123 Å². The smallest absolute Gasteiger partial charge is 0.267 e. The largest absolute Gasteiger partial charge is 0.292 e. The summed E-state index contributed by atoms with van der Waals surface area (Å²) < 4.78 is 26.3. The minimum Gasteiger partial charge on any atom is -0.292 e. The van der Waals surface area contributed by atoms with E-state index in [1.54, 1.807) is 12.1 Å². The van der Waals surface area contributed by atoms with Crippen LogP contribution < -0.4 is 15.6 Å². The van der Waals surface area contributed by atoms with Crippen LogP contribution in [0.5, 0.6) is 0 Å².